The molecule has 2 N–H and O–H groups in total. The molecule has 5 heteroatoms. The van der Waals surface area contributed by atoms with E-state index in [-0.39, 0.29) is 17.5 Å². The standard InChI is InChI=1S/C15H20F3NO/c1-9-3-5-12(7-10(9)2)20-14-6-4-11(19)8-13(14)15(16,17)18/h4,6,8-10,12H,3,5,7,19H2,1-2H3. The number of rotatable bonds is 2. The van der Waals surface area contributed by atoms with Crippen LogP contribution in [0.3, 0.4) is 0 Å². The molecule has 1 fully saturated rings. The second kappa shape index (κ2) is 5.54. The van der Waals surface area contributed by atoms with Gasteiger partial charge in [0.25, 0.3) is 0 Å². The van der Waals surface area contributed by atoms with Crippen LogP contribution in [0, 0.1) is 11.8 Å². The average Bonchev–Trinajstić information content (AvgIpc) is 2.35. The van der Waals surface area contributed by atoms with Crippen LogP contribution >= 0.6 is 0 Å². The fraction of sp³-hybridized carbons (Fsp3) is 0.600. The van der Waals surface area contributed by atoms with Gasteiger partial charge in [-0.05, 0) is 49.3 Å². The summed E-state index contributed by atoms with van der Waals surface area (Å²) in [6, 6.07) is 3.70. The van der Waals surface area contributed by atoms with Crippen molar-refractivity contribution in [2.24, 2.45) is 11.8 Å². The number of nitrogens with two attached hydrogens (primary N) is 1. The molecule has 1 aromatic rings. The van der Waals surface area contributed by atoms with Gasteiger partial charge in [0.1, 0.15) is 5.75 Å². The van der Waals surface area contributed by atoms with E-state index < -0.39 is 11.7 Å². The van der Waals surface area contributed by atoms with Gasteiger partial charge in [-0.25, -0.2) is 0 Å². The summed E-state index contributed by atoms with van der Waals surface area (Å²) in [7, 11) is 0. The maximum absolute atomic E-state index is 13.0. The Bertz CT molecular complexity index is 473. The lowest BCUT2D eigenvalue weighted by atomic mass is 9.80. The molecule has 3 unspecified atom stereocenters. The molecule has 20 heavy (non-hydrogen) atoms. The van der Waals surface area contributed by atoms with Crippen LogP contribution in [-0.4, -0.2) is 6.10 Å². The van der Waals surface area contributed by atoms with Crippen molar-refractivity contribution in [2.75, 3.05) is 5.73 Å². The van der Waals surface area contributed by atoms with Gasteiger partial charge < -0.3 is 10.5 Å². The van der Waals surface area contributed by atoms with E-state index in [2.05, 4.69) is 13.8 Å². The molecule has 1 aliphatic carbocycles. The number of hydrogen-bond donors (Lipinski definition) is 1. The molecule has 2 nitrogen and oxygen atoms in total. The van der Waals surface area contributed by atoms with Crippen molar-refractivity contribution in [1.82, 2.24) is 0 Å². The van der Waals surface area contributed by atoms with Crippen molar-refractivity contribution in [2.45, 2.75) is 45.4 Å². The lowest BCUT2D eigenvalue weighted by molar-refractivity contribution is -0.139. The maximum atomic E-state index is 13.0. The van der Waals surface area contributed by atoms with Gasteiger partial charge in [-0.2, -0.15) is 13.2 Å². The van der Waals surface area contributed by atoms with Crippen LogP contribution in [0.1, 0.15) is 38.7 Å². The first-order valence-corrected chi connectivity index (χ1v) is 6.90. The van der Waals surface area contributed by atoms with Crippen LogP contribution in [0.15, 0.2) is 18.2 Å². The molecule has 1 aromatic carbocycles. The number of anilines is 1. The van der Waals surface area contributed by atoms with Crippen molar-refractivity contribution in [3.05, 3.63) is 23.8 Å². The van der Waals surface area contributed by atoms with Crippen molar-refractivity contribution in [3.63, 3.8) is 0 Å². The van der Waals surface area contributed by atoms with Crippen LogP contribution in [-0.2, 0) is 6.18 Å². The third-order valence-electron chi connectivity index (χ3n) is 4.15. The Morgan fingerprint density at radius 3 is 2.45 bits per heavy atom. The molecule has 0 spiro atoms. The fourth-order valence-corrected chi connectivity index (χ4v) is 2.66. The maximum Gasteiger partial charge on any atom is 0.420 e. The highest BCUT2D eigenvalue weighted by atomic mass is 19.4. The van der Waals surface area contributed by atoms with E-state index >= 15 is 0 Å². The average molecular weight is 287 g/mol. The predicted octanol–water partition coefficient (Wildman–Crippen LogP) is 4.49. The normalized spacial score (nSPS) is 27.4. The number of ether oxygens (including phenoxy) is 1. The first-order valence-electron chi connectivity index (χ1n) is 6.90. The second-order valence-corrected chi connectivity index (χ2v) is 5.76. The summed E-state index contributed by atoms with van der Waals surface area (Å²) in [5.74, 6) is 0.957. The van der Waals surface area contributed by atoms with E-state index in [0.717, 1.165) is 25.3 Å². The fourth-order valence-electron chi connectivity index (χ4n) is 2.66. The Morgan fingerprint density at radius 1 is 1.15 bits per heavy atom. The van der Waals surface area contributed by atoms with Gasteiger partial charge in [0, 0.05) is 5.69 Å². The number of nitrogen functional groups attached to an aromatic ring is 1. The minimum absolute atomic E-state index is 0.0929. The molecule has 0 aliphatic heterocycles. The lowest BCUT2D eigenvalue weighted by Gasteiger charge is -2.32. The smallest absolute Gasteiger partial charge is 0.420 e. The Balaban J connectivity index is 2.17. The van der Waals surface area contributed by atoms with Gasteiger partial charge in [0.2, 0.25) is 0 Å². The second-order valence-electron chi connectivity index (χ2n) is 5.76. The Hall–Kier alpha value is -1.39. The number of hydrogen-bond acceptors (Lipinski definition) is 2. The molecule has 1 saturated carbocycles. The van der Waals surface area contributed by atoms with Gasteiger partial charge in [-0.3, -0.25) is 0 Å². The highest BCUT2D eigenvalue weighted by molar-refractivity contribution is 5.49. The van der Waals surface area contributed by atoms with E-state index in [0.29, 0.717) is 11.8 Å². The summed E-state index contributed by atoms with van der Waals surface area (Å²) in [5, 5.41) is 0. The van der Waals surface area contributed by atoms with Crippen LogP contribution < -0.4 is 10.5 Å². The number of halogens is 3. The molecule has 1 aliphatic rings. The number of benzene rings is 1. The summed E-state index contributed by atoms with van der Waals surface area (Å²) >= 11 is 0. The van der Waals surface area contributed by atoms with Crippen LogP contribution in [0.4, 0.5) is 18.9 Å². The zero-order chi connectivity index (χ0) is 14.9. The summed E-state index contributed by atoms with van der Waals surface area (Å²) in [6.45, 7) is 4.29. The van der Waals surface area contributed by atoms with Crippen molar-refractivity contribution in [3.8, 4) is 5.75 Å². The molecular weight excluding hydrogens is 267 g/mol. The molecule has 0 bridgehead atoms. The van der Waals surface area contributed by atoms with Gasteiger partial charge >= 0.3 is 6.18 Å². The molecule has 0 heterocycles. The minimum Gasteiger partial charge on any atom is -0.490 e. The van der Waals surface area contributed by atoms with E-state index in [9.17, 15) is 13.2 Å². The minimum atomic E-state index is -4.45. The van der Waals surface area contributed by atoms with E-state index in [1.54, 1.807) is 0 Å². The van der Waals surface area contributed by atoms with Crippen molar-refractivity contribution >= 4 is 5.69 Å². The summed E-state index contributed by atoms with van der Waals surface area (Å²) < 4.78 is 44.6. The van der Waals surface area contributed by atoms with Crippen LogP contribution in [0.25, 0.3) is 0 Å². The van der Waals surface area contributed by atoms with Gasteiger partial charge in [-0.1, -0.05) is 13.8 Å². The zero-order valence-corrected chi connectivity index (χ0v) is 11.7. The SMILES string of the molecule is CC1CCC(Oc2ccc(N)cc2C(F)(F)F)CC1C. The molecule has 0 saturated heterocycles. The molecular formula is C15H20F3NO. The molecule has 112 valence electrons. The quantitative estimate of drug-likeness (QED) is 0.813. The lowest BCUT2D eigenvalue weighted by Crippen LogP contribution is -2.29. The van der Waals surface area contributed by atoms with Gasteiger partial charge in [-0.15, -0.1) is 0 Å². The highest BCUT2D eigenvalue weighted by Crippen LogP contribution is 2.39. The molecule has 0 aromatic heterocycles. The third-order valence-corrected chi connectivity index (χ3v) is 4.15. The Morgan fingerprint density at radius 2 is 1.85 bits per heavy atom. The van der Waals surface area contributed by atoms with Gasteiger partial charge in [0.15, 0.2) is 0 Å². The summed E-state index contributed by atoms with van der Waals surface area (Å²) in [5.41, 5.74) is 4.75. The van der Waals surface area contributed by atoms with Crippen molar-refractivity contribution < 1.29 is 17.9 Å². The summed E-state index contributed by atoms with van der Waals surface area (Å²) in [6.07, 6.45) is -2.01. The van der Waals surface area contributed by atoms with E-state index in [1.165, 1.54) is 12.1 Å². The molecule has 2 rings (SSSR count). The Labute approximate surface area is 117 Å². The van der Waals surface area contributed by atoms with E-state index in [4.69, 9.17) is 10.5 Å². The monoisotopic (exact) mass is 287 g/mol. The topological polar surface area (TPSA) is 35.2 Å². The first kappa shape index (κ1) is 15.0. The highest BCUT2D eigenvalue weighted by Gasteiger charge is 2.36. The molecule has 0 radical (unpaired) electrons. The largest absolute Gasteiger partial charge is 0.490 e. The van der Waals surface area contributed by atoms with Crippen LogP contribution in [0.2, 0.25) is 0 Å². The zero-order valence-electron chi connectivity index (χ0n) is 11.7. The van der Waals surface area contributed by atoms with E-state index in [1.807, 2.05) is 0 Å². The third kappa shape index (κ3) is 3.38. The molecule has 3 atom stereocenters. The first-order chi connectivity index (χ1) is 9.27. The Kier molecular flexibility index (Phi) is 4.16. The summed E-state index contributed by atoms with van der Waals surface area (Å²) in [4.78, 5) is 0. The predicted molar refractivity (Wildman–Crippen MR) is 72.5 cm³/mol. The van der Waals surface area contributed by atoms with Gasteiger partial charge in [0.05, 0.1) is 11.7 Å². The molecule has 0 amide bonds. The van der Waals surface area contributed by atoms with Crippen molar-refractivity contribution in [1.29, 1.82) is 0 Å². The van der Waals surface area contributed by atoms with Crippen LogP contribution in [0.5, 0.6) is 5.75 Å². The number of alkyl halides is 3.